The van der Waals surface area contributed by atoms with E-state index in [0.29, 0.717) is 16.5 Å². The van der Waals surface area contributed by atoms with Crippen molar-refractivity contribution < 1.29 is 19.4 Å². The summed E-state index contributed by atoms with van der Waals surface area (Å²) in [7, 11) is 1.49. The molecule has 6 nitrogen and oxygen atoms in total. The number of nitrogens with one attached hydrogen (secondary N) is 1. The Labute approximate surface area is 139 Å². The Hall–Kier alpha value is -1.32. The number of imide groups is 1. The number of ether oxygens (including phenoxy) is 1. The number of nitrogens with zero attached hydrogens (tertiary/aromatic N) is 1. The average molecular weight is 423 g/mol. The first kappa shape index (κ1) is 16.1. The third-order valence-corrected chi connectivity index (χ3v) is 4.03. The molecule has 1 aromatic carbocycles. The lowest BCUT2D eigenvalue weighted by Crippen LogP contribution is -2.34. The Kier molecular flexibility index (Phi) is 5.07. The van der Waals surface area contributed by atoms with E-state index in [4.69, 9.17) is 21.4 Å². The van der Waals surface area contributed by atoms with Gasteiger partial charge in [-0.3, -0.25) is 14.5 Å². The van der Waals surface area contributed by atoms with E-state index < -0.39 is 11.8 Å². The number of carbonyl (C=O) groups is 2. The second-order valence-corrected chi connectivity index (χ2v) is 5.74. The lowest BCUT2D eigenvalue weighted by atomic mass is 10.3. The van der Waals surface area contributed by atoms with Crippen molar-refractivity contribution in [1.82, 2.24) is 4.90 Å². The molecule has 0 spiro atoms. The van der Waals surface area contributed by atoms with Crippen LogP contribution < -0.4 is 10.1 Å². The lowest BCUT2D eigenvalue weighted by molar-refractivity contribution is -0.137. The minimum atomic E-state index is -0.473. The zero-order chi connectivity index (χ0) is 15.6. The molecule has 0 atom stereocenters. The summed E-state index contributed by atoms with van der Waals surface area (Å²) in [5.41, 5.74) is 0.755. The van der Waals surface area contributed by atoms with Gasteiger partial charge in [0, 0.05) is 15.7 Å². The topological polar surface area (TPSA) is 78.9 Å². The molecule has 0 radical (unpaired) electrons. The lowest BCUT2D eigenvalue weighted by Gasteiger charge is -2.15. The summed E-state index contributed by atoms with van der Waals surface area (Å²) in [5.74, 6) is -0.463. The number of amides is 2. The molecular formula is C13H12ClIN2O4. The van der Waals surface area contributed by atoms with Crippen LogP contribution in [-0.2, 0) is 9.59 Å². The van der Waals surface area contributed by atoms with E-state index in [2.05, 4.69) is 27.9 Å². The highest BCUT2D eigenvalue weighted by atomic mass is 127. The molecule has 0 aliphatic carbocycles. The largest absolute Gasteiger partial charge is 0.495 e. The van der Waals surface area contributed by atoms with Crippen LogP contribution in [0.2, 0.25) is 5.02 Å². The number of hydrogen-bond donors (Lipinski definition) is 2. The predicted octanol–water partition coefficient (Wildman–Crippen LogP) is 1.61. The molecule has 1 heterocycles. The van der Waals surface area contributed by atoms with Crippen molar-refractivity contribution in [2.24, 2.45) is 0 Å². The summed E-state index contributed by atoms with van der Waals surface area (Å²) in [4.78, 5) is 24.7. The van der Waals surface area contributed by atoms with E-state index in [-0.39, 0.29) is 18.8 Å². The van der Waals surface area contributed by atoms with Gasteiger partial charge in [0.15, 0.2) is 0 Å². The van der Waals surface area contributed by atoms with Crippen LogP contribution in [0.3, 0.4) is 0 Å². The number of halogens is 2. The Morgan fingerprint density at radius 1 is 1.43 bits per heavy atom. The van der Waals surface area contributed by atoms with E-state index in [1.54, 1.807) is 12.1 Å². The number of benzene rings is 1. The molecule has 0 fully saturated rings. The fourth-order valence-electron chi connectivity index (χ4n) is 1.84. The fourth-order valence-corrected chi connectivity index (χ4v) is 2.86. The SMILES string of the molecule is COc1cc(NC2=CC(=O)N(CCO)C2=O)c(I)cc1Cl. The summed E-state index contributed by atoms with van der Waals surface area (Å²) in [6.07, 6.45) is 1.20. The minimum Gasteiger partial charge on any atom is -0.495 e. The number of aliphatic hydroxyl groups excluding tert-OH is 1. The van der Waals surface area contributed by atoms with Crippen molar-refractivity contribution in [3.8, 4) is 5.75 Å². The van der Waals surface area contributed by atoms with Gasteiger partial charge in [0.25, 0.3) is 11.8 Å². The first-order valence-electron chi connectivity index (χ1n) is 5.96. The smallest absolute Gasteiger partial charge is 0.277 e. The molecule has 112 valence electrons. The van der Waals surface area contributed by atoms with Crippen molar-refractivity contribution >= 4 is 51.7 Å². The summed E-state index contributed by atoms with van der Waals surface area (Å²) in [5, 5.41) is 12.2. The van der Waals surface area contributed by atoms with Crippen LogP contribution in [0.25, 0.3) is 0 Å². The van der Waals surface area contributed by atoms with Gasteiger partial charge < -0.3 is 15.2 Å². The van der Waals surface area contributed by atoms with Gasteiger partial charge in [-0.1, -0.05) is 11.6 Å². The molecule has 0 bridgehead atoms. The van der Waals surface area contributed by atoms with Gasteiger partial charge >= 0.3 is 0 Å². The zero-order valence-electron chi connectivity index (χ0n) is 11.0. The number of carbonyl (C=O) groups excluding carboxylic acids is 2. The molecule has 0 saturated carbocycles. The van der Waals surface area contributed by atoms with Gasteiger partial charge in [-0.05, 0) is 28.7 Å². The molecule has 1 aliphatic rings. The number of anilines is 1. The molecular weight excluding hydrogens is 411 g/mol. The molecule has 2 rings (SSSR count). The number of methoxy groups -OCH3 is 1. The van der Waals surface area contributed by atoms with Crippen molar-refractivity contribution in [3.63, 3.8) is 0 Å². The molecule has 1 aromatic rings. The highest BCUT2D eigenvalue weighted by molar-refractivity contribution is 14.1. The molecule has 0 saturated heterocycles. The molecule has 0 aromatic heterocycles. The predicted molar refractivity (Wildman–Crippen MR) is 86.2 cm³/mol. The minimum absolute atomic E-state index is 0.0274. The molecule has 2 N–H and O–H groups in total. The Bertz CT molecular complexity index is 633. The standard InChI is InChI=1S/C13H12ClIN2O4/c1-21-11-5-9(8(15)4-7(11)14)16-10-6-12(19)17(2-3-18)13(10)20/h4-6,16,18H,2-3H2,1H3. The molecule has 0 unspecified atom stereocenters. The van der Waals surface area contributed by atoms with Crippen LogP contribution >= 0.6 is 34.2 Å². The Morgan fingerprint density at radius 2 is 2.14 bits per heavy atom. The zero-order valence-corrected chi connectivity index (χ0v) is 13.9. The van der Waals surface area contributed by atoms with Gasteiger partial charge in [0.1, 0.15) is 11.4 Å². The molecule has 21 heavy (non-hydrogen) atoms. The van der Waals surface area contributed by atoms with Gasteiger partial charge in [-0.2, -0.15) is 0 Å². The van der Waals surface area contributed by atoms with E-state index in [9.17, 15) is 9.59 Å². The van der Waals surface area contributed by atoms with Gasteiger partial charge in [-0.15, -0.1) is 0 Å². The maximum absolute atomic E-state index is 12.0. The quantitative estimate of drug-likeness (QED) is 0.557. The fraction of sp³-hybridized carbons (Fsp3) is 0.231. The van der Waals surface area contributed by atoms with Gasteiger partial charge in [0.2, 0.25) is 0 Å². The average Bonchev–Trinajstić information content (AvgIpc) is 2.70. The maximum Gasteiger partial charge on any atom is 0.277 e. The van der Waals surface area contributed by atoms with Gasteiger partial charge in [-0.25, -0.2) is 0 Å². The highest BCUT2D eigenvalue weighted by Gasteiger charge is 2.30. The summed E-state index contributed by atoms with van der Waals surface area (Å²) in [6, 6.07) is 3.34. The van der Waals surface area contributed by atoms with E-state index >= 15 is 0 Å². The van der Waals surface area contributed by atoms with Crippen LogP contribution in [0.1, 0.15) is 0 Å². The highest BCUT2D eigenvalue weighted by Crippen LogP contribution is 2.33. The van der Waals surface area contributed by atoms with Crippen molar-refractivity contribution in [1.29, 1.82) is 0 Å². The van der Waals surface area contributed by atoms with Crippen molar-refractivity contribution in [2.45, 2.75) is 0 Å². The van der Waals surface area contributed by atoms with Crippen molar-refractivity contribution in [3.05, 3.63) is 32.5 Å². The van der Waals surface area contributed by atoms with Crippen LogP contribution in [-0.4, -0.2) is 42.1 Å². The number of aliphatic hydroxyl groups is 1. The summed E-state index contributed by atoms with van der Waals surface area (Å²) >= 11 is 8.07. The van der Waals surface area contributed by atoms with Crippen LogP contribution in [0, 0.1) is 3.57 Å². The normalized spacial score (nSPS) is 14.5. The molecule has 8 heteroatoms. The number of hydrogen-bond acceptors (Lipinski definition) is 5. The molecule has 1 aliphatic heterocycles. The first-order chi connectivity index (χ1) is 9.97. The maximum atomic E-state index is 12.0. The first-order valence-corrected chi connectivity index (χ1v) is 7.42. The van der Waals surface area contributed by atoms with E-state index in [1.165, 1.54) is 13.2 Å². The van der Waals surface area contributed by atoms with Crippen molar-refractivity contribution in [2.75, 3.05) is 25.6 Å². The monoisotopic (exact) mass is 422 g/mol. The third kappa shape index (κ3) is 3.30. The third-order valence-electron chi connectivity index (χ3n) is 2.84. The van der Waals surface area contributed by atoms with Gasteiger partial charge in [0.05, 0.1) is 31.0 Å². The number of β-amino-alcohol motifs (C(OH)–C–C–N with tert-alkyl or cyclic N) is 1. The van der Waals surface area contributed by atoms with Crippen LogP contribution in [0.15, 0.2) is 23.9 Å². The molecule has 2 amide bonds. The van der Waals surface area contributed by atoms with E-state index in [0.717, 1.165) is 8.47 Å². The Morgan fingerprint density at radius 3 is 2.76 bits per heavy atom. The summed E-state index contributed by atoms with van der Waals surface area (Å²) in [6.45, 7) is -0.300. The number of rotatable bonds is 5. The second kappa shape index (κ2) is 6.63. The van der Waals surface area contributed by atoms with E-state index in [1.807, 2.05) is 0 Å². The summed E-state index contributed by atoms with van der Waals surface area (Å²) < 4.78 is 5.90. The van der Waals surface area contributed by atoms with Crippen LogP contribution in [0.4, 0.5) is 5.69 Å². The second-order valence-electron chi connectivity index (χ2n) is 4.17. The Balaban J connectivity index is 2.25. The van der Waals surface area contributed by atoms with Crippen LogP contribution in [0.5, 0.6) is 5.75 Å².